The molecule has 0 aliphatic carbocycles. The molecule has 1 unspecified atom stereocenters. The highest BCUT2D eigenvalue weighted by Crippen LogP contribution is 2.46. The number of hydrogen-bond donors (Lipinski definition) is 1. The monoisotopic (exact) mass is 264 g/mol. The van der Waals surface area contributed by atoms with E-state index in [-0.39, 0.29) is 24.3 Å². The van der Waals surface area contributed by atoms with Crippen molar-refractivity contribution in [2.24, 2.45) is 0 Å². The number of nitrogens with zero attached hydrogens (tertiary/aromatic N) is 1. The summed E-state index contributed by atoms with van der Waals surface area (Å²) in [5.41, 5.74) is 3.52. The minimum Gasteiger partial charge on any atom is -0.323 e. The maximum absolute atomic E-state index is 12.7. The number of carbonyl (C=O) groups is 2. The number of benzene rings is 2. The topological polar surface area (TPSA) is 49.4 Å². The van der Waals surface area contributed by atoms with E-state index in [1.165, 1.54) is 0 Å². The Morgan fingerprint density at radius 3 is 2.60 bits per heavy atom. The second-order valence-electron chi connectivity index (χ2n) is 5.06. The Morgan fingerprint density at radius 2 is 1.80 bits per heavy atom. The molecule has 4 rings (SSSR count). The van der Waals surface area contributed by atoms with Crippen LogP contribution in [0.25, 0.3) is 0 Å². The molecule has 0 bridgehead atoms. The molecule has 2 aromatic rings. The lowest BCUT2D eigenvalue weighted by Gasteiger charge is -2.25. The maximum atomic E-state index is 12.7. The average Bonchev–Trinajstić information content (AvgIpc) is 2.74. The second kappa shape index (κ2) is 3.93. The summed E-state index contributed by atoms with van der Waals surface area (Å²) in [6, 6.07) is 15.4. The quantitative estimate of drug-likeness (QED) is 0.857. The summed E-state index contributed by atoms with van der Waals surface area (Å²) in [6.45, 7) is 0.103. The van der Waals surface area contributed by atoms with Crippen LogP contribution in [0.3, 0.4) is 0 Å². The smallest absolute Gasteiger partial charge is 0.244 e. The summed E-state index contributed by atoms with van der Waals surface area (Å²) in [5, 5.41) is 2.83. The van der Waals surface area contributed by atoms with Gasteiger partial charge in [0.2, 0.25) is 11.8 Å². The molecule has 4 nitrogen and oxygen atoms in total. The molecule has 0 fully saturated rings. The molecular formula is C16H12N2O2. The third kappa shape index (κ3) is 1.42. The van der Waals surface area contributed by atoms with Crippen LogP contribution in [0.15, 0.2) is 48.5 Å². The average molecular weight is 264 g/mol. The molecule has 0 saturated carbocycles. The Labute approximate surface area is 116 Å². The Kier molecular flexibility index (Phi) is 2.21. The number of amides is 2. The highest BCUT2D eigenvalue weighted by Gasteiger charge is 2.42. The van der Waals surface area contributed by atoms with E-state index in [1.807, 2.05) is 48.5 Å². The maximum Gasteiger partial charge on any atom is 0.244 e. The minimum atomic E-state index is -0.307. The summed E-state index contributed by atoms with van der Waals surface area (Å²) < 4.78 is 0. The fourth-order valence-corrected chi connectivity index (χ4v) is 3.05. The van der Waals surface area contributed by atoms with Crippen molar-refractivity contribution < 1.29 is 9.59 Å². The molecular weight excluding hydrogens is 252 g/mol. The largest absolute Gasteiger partial charge is 0.323 e. The summed E-state index contributed by atoms with van der Waals surface area (Å²) >= 11 is 0. The van der Waals surface area contributed by atoms with Crippen LogP contribution in [0.1, 0.15) is 17.0 Å². The first kappa shape index (κ1) is 11.2. The van der Waals surface area contributed by atoms with Crippen LogP contribution in [-0.4, -0.2) is 18.4 Å². The van der Waals surface area contributed by atoms with E-state index in [0.717, 1.165) is 22.5 Å². The van der Waals surface area contributed by atoms with Crippen molar-refractivity contribution in [3.63, 3.8) is 0 Å². The third-order valence-electron chi connectivity index (χ3n) is 3.87. The van der Waals surface area contributed by atoms with Crippen molar-refractivity contribution in [1.82, 2.24) is 0 Å². The second-order valence-corrected chi connectivity index (χ2v) is 5.06. The van der Waals surface area contributed by atoms with Crippen LogP contribution < -0.4 is 10.2 Å². The normalized spacial score (nSPS) is 19.8. The number of rotatable bonds is 1. The lowest BCUT2D eigenvalue weighted by molar-refractivity contribution is -0.121. The van der Waals surface area contributed by atoms with Crippen molar-refractivity contribution in [3.05, 3.63) is 59.7 Å². The van der Waals surface area contributed by atoms with E-state index >= 15 is 0 Å². The van der Waals surface area contributed by atoms with Gasteiger partial charge in [0, 0.05) is 0 Å². The van der Waals surface area contributed by atoms with Crippen molar-refractivity contribution in [1.29, 1.82) is 0 Å². The number of carbonyl (C=O) groups excluding carboxylic acids is 2. The van der Waals surface area contributed by atoms with Gasteiger partial charge in [-0.15, -0.1) is 0 Å². The molecule has 2 aliphatic heterocycles. The molecule has 0 aromatic heterocycles. The molecule has 4 heteroatoms. The molecule has 0 saturated heterocycles. The van der Waals surface area contributed by atoms with Gasteiger partial charge in [0.05, 0.1) is 17.3 Å². The molecule has 2 heterocycles. The van der Waals surface area contributed by atoms with E-state index < -0.39 is 0 Å². The zero-order valence-electron chi connectivity index (χ0n) is 10.7. The summed E-state index contributed by atoms with van der Waals surface area (Å²) in [7, 11) is 0. The number of hydrogen-bond acceptors (Lipinski definition) is 2. The van der Waals surface area contributed by atoms with E-state index in [1.54, 1.807) is 4.90 Å². The first-order chi connectivity index (χ1) is 9.75. The predicted octanol–water partition coefficient (Wildman–Crippen LogP) is 2.12. The van der Waals surface area contributed by atoms with Crippen molar-refractivity contribution in [2.45, 2.75) is 5.92 Å². The predicted molar refractivity (Wildman–Crippen MR) is 75.7 cm³/mol. The molecule has 98 valence electrons. The van der Waals surface area contributed by atoms with Crippen LogP contribution in [0.5, 0.6) is 0 Å². The van der Waals surface area contributed by atoms with E-state index in [0.29, 0.717) is 0 Å². The van der Waals surface area contributed by atoms with Crippen LogP contribution in [0.2, 0.25) is 0 Å². The van der Waals surface area contributed by atoms with Gasteiger partial charge < -0.3 is 5.32 Å². The Morgan fingerprint density at radius 1 is 1.00 bits per heavy atom. The molecule has 1 N–H and O–H groups in total. The fourth-order valence-electron chi connectivity index (χ4n) is 3.05. The van der Waals surface area contributed by atoms with Gasteiger partial charge in [-0.3, -0.25) is 14.5 Å². The fraction of sp³-hybridized carbons (Fsp3) is 0.125. The van der Waals surface area contributed by atoms with Gasteiger partial charge >= 0.3 is 0 Å². The van der Waals surface area contributed by atoms with Gasteiger partial charge in [0.25, 0.3) is 0 Å². The SMILES string of the molecule is O=C1CN2C(=O)C(c3ccccc3)c3cccc(c32)N1. The zero-order chi connectivity index (χ0) is 13.7. The highest BCUT2D eigenvalue weighted by molar-refractivity contribution is 6.17. The van der Waals surface area contributed by atoms with Gasteiger partial charge in [-0.1, -0.05) is 42.5 Å². The van der Waals surface area contributed by atoms with Gasteiger partial charge in [0.1, 0.15) is 6.54 Å². The van der Waals surface area contributed by atoms with Crippen molar-refractivity contribution >= 4 is 23.2 Å². The summed E-state index contributed by atoms with van der Waals surface area (Å²) in [5.74, 6) is -0.468. The standard InChI is InChI=1S/C16H12N2O2/c19-13-9-18-15-11(7-4-8-12(15)17-13)14(16(18)20)10-5-2-1-3-6-10/h1-8,14H,9H2,(H,17,19). The molecule has 0 radical (unpaired) electrons. The summed E-state index contributed by atoms with van der Waals surface area (Å²) in [6.07, 6.45) is 0. The van der Waals surface area contributed by atoms with E-state index in [9.17, 15) is 9.59 Å². The van der Waals surface area contributed by atoms with Crippen LogP contribution >= 0.6 is 0 Å². The zero-order valence-corrected chi connectivity index (χ0v) is 10.7. The number of nitrogens with one attached hydrogen (secondary N) is 1. The van der Waals surface area contributed by atoms with Gasteiger partial charge in [-0.25, -0.2) is 0 Å². The Bertz CT molecular complexity index is 725. The van der Waals surface area contributed by atoms with Crippen LogP contribution in [0, 0.1) is 0 Å². The van der Waals surface area contributed by atoms with Crippen LogP contribution in [0.4, 0.5) is 11.4 Å². The van der Waals surface area contributed by atoms with E-state index in [2.05, 4.69) is 5.32 Å². The summed E-state index contributed by atoms with van der Waals surface area (Å²) in [4.78, 5) is 26.0. The van der Waals surface area contributed by atoms with Crippen LogP contribution in [-0.2, 0) is 9.59 Å². The Hall–Kier alpha value is -2.62. The van der Waals surface area contributed by atoms with Gasteiger partial charge in [0.15, 0.2) is 0 Å². The van der Waals surface area contributed by atoms with Crippen molar-refractivity contribution in [2.75, 3.05) is 16.8 Å². The Balaban J connectivity index is 1.93. The lowest BCUT2D eigenvalue weighted by Crippen LogP contribution is -2.40. The molecule has 1 atom stereocenters. The highest BCUT2D eigenvalue weighted by atomic mass is 16.2. The molecule has 2 aliphatic rings. The minimum absolute atomic E-state index is 0.0199. The molecule has 2 aromatic carbocycles. The first-order valence-corrected chi connectivity index (χ1v) is 6.55. The molecule has 0 spiro atoms. The van der Waals surface area contributed by atoms with Gasteiger partial charge in [-0.05, 0) is 17.2 Å². The first-order valence-electron chi connectivity index (χ1n) is 6.55. The number of para-hydroxylation sites is 1. The van der Waals surface area contributed by atoms with Gasteiger partial charge in [-0.2, -0.15) is 0 Å². The van der Waals surface area contributed by atoms with Crippen molar-refractivity contribution in [3.8, 4) is 0 Å². The third-order valence-corrected chi connectivity index (χ3v) is 3.87. The number of anilines is 2. The molecule has 20 heavy (non-hydrogen) atoms. The lowest BCUT2D eigenvalue weighted by atomic mass is 9.92. The van der Waals surface area contributed by atoms with E-state index in [4.69, 9.17) is 0 Å². The molecule has 2 amide bonds.